The van der Waals surface area contributed by atoms with Crippen molar-refractivity contribution >= 4 is 5.97 Å². The second-order valence-corrected chi connectivity index (χ2v) is 7.87. The monoisotopic (exact) mass is 306 g/mol. The molecule has 0 spiro atoms. The van der Waals surface area contributed by atoms with Gasteiger partial charge in [-0.2, -0.15) is 0 Å². The molecular formula is C18H26O4. The lowest BCUT2D eigenvalue weighted by Crippen LogP contribution is -2.61. The molecular weight excluding hydrogens is 280 g/mol. The van der Waals surface area contributed by atoms with Gasteiger partial charge >= 0.3 is 5.97 Å². The predicted molar refractivity (Wildman–Crippen MR) is 81.4 cm³/mol. The number of rotatable bonds is 6. The van der Waals surface area contributed by atoms with Gasteiger partial charge in [0.2, 0.25) is 0 Å². The summed E-state index contributed by atoms with van der Waals surface area (Å²) in [4.78, 5) is 11.8. The quantitative estimate of drug-likeness (QED) is 0.559. The SMILES string of the molecule is C=CC(=O)OC12CC3CC(CC(OCCC4CCO4)(C3)C1)C2. The average Bonchev–Trinajstić information content (AvgIpc) is 2.39. The van der Waals surface area contributed by atoms with Gasteiger partial charge in [-0.15, -0.1) is 0 Å². The molecule has 5 fully saturated rings. The number of carbonyl (C=O) groups excluding carboxylic acids is 1. The highest BCUT2D eigenvalue weighted by Crippen LogP contribution is 2.60. The van der Waals surface area contributed by atoms with Gasteiger partial charge in [-0.25, -0.2) is 4.79 Å². The lowest BCUT2D eigenvalue weighted by Gasteiger charge is -2.60. The molecule has 1 saturated heterocycles. The van der Waals surface area contributed by atoms with Crippen LogP contribution in [-0.4, -0.2) is 36.5 Å². The van der Waals surface area contributed by atoms with Crippen LogP contribution in [0.15, 0.2) is 12.7 Å². The van der Waals surface area contributed by atoms with Gasteiger partial charge in [-0.1, -0.05) is 6.58 Å². The summed E-state index contributed by atoms with van der Waals surface area (Å²) in [7, 11) is 0. The summed E-state index contributed by atoms with van der Waals surface area (Å²) >= 11 is 0. The zero-order chi connectivity index (χ0) is 15.2. The van der Waals surface area contributed by atoms with E-state index in [-0.39, 0.29) is 17.2 Å². The summed E-state index contributed by atoms with van der Waals surface area (Å²) in [5.41, 5.74) is -0.350. The van der Waals surface area contributed by atoms with Crippen LogP contribution in [0.1, 0.15) is 51.4 Å². The van der Waals surface area contributed by atoms with Crippen LogP contribution in [0.5, 0.6) is 0 Å². The molecule has 3 atom stereocenters. The molecule has 122 valence electrons. The molecule has 5 rings (SSSR count). The van der Waals surface area contributed by atoms with Crippen molar-refractivity contribution in [2.24, 2.45) is 11.8 Å². The van der Waals surface area contributed by atoms with Gasteiger partial charge in [0.25, 0.3) is 0 Å². The van der Waals surface area contributed by atoms with E-state index in [9.17, 15) is 4.79 Å². The minimum Gasteiger partial charge on any atom is -0.456 e. The van der Waals surface area contributed by atoms with E-state index in [1.165, 1.54) is 18.9 Å². The lowest BCUT2D eigenvalue weighted by atomic mass is 9.52. The van der Waals surface area contributed by atoms with E-state index in [2.05, 4.69) is 6.58 Å². The maximum absolute atomic E-state index is 11.8. The van der Waals surface area contributed by atoms with Gasteiger partial charge in [0, 0.05) is 25.7 Å². The summed E-state index contributed by atoms with van der Waals surface area (Å²) < 4.78 is 17.7. The number of carbonyl (C=O) groups is 1. The fraction of sp³-hybridized carbons (Fsp3) is 0.833. The van der Waals surface area contributed by atoms with Crippen LogP contribution in [0.3, 0.4) is 0 Å². The highest BCUT2D eigenvalue weighted by atomic mass is 16.6. The van der Waals surface area contributed by atoms with E-state index in [0.29, 0.717) is 17.9 Å². The minimum absolute atomic E-state index is 0.0602. The van der Waals surface area contributed by atoms with Gasteiger partial charge in [0.05, 0.1) is 11.7 Å². The second kappa shape index (κ2) is 5.34. The Hall–Kier alpha value is -0.870. The Balaban J connectivity index is 1.43. The smallest absolute Gasteiger partial charge is 0.330 e. The van der Waals surface area contributed by atoms with Gasteiger partial charge in [-0.3, -0.25) is 0 Å². The summed E-state index contributed by atoms with van der Waals surface area (Å²) in [6, 6.07) is 0. The molecule has 4 bridgehead atoms. The summed E-state index contributed by atoms with van der Waals surface area (Å²) in [6.45, 7) is 5.22. The third-order valence-corrected chi connectivity index (χ3v) is 6.08. The standard InChI is InChI=1S/C18H26O4/c1-2-16(19)22-18-10-13-7-14(11-18)9-17(8-13,12-18)21-6-4-15-3-5-20-15/h2,13-15H,1,3-12H2. The first kappa shape index (κ1) is 14.7. The van der Waals surface area contributed by atoms with Crippen LogP contribution in [0.25, 0.3) is 0 Å². The zero-order valence-electron chi connectivity index (χ0n) is 13.2. The zero-order valence-corrected chi connectivity index (χ0v) is 13.2. The van der Waals surface area contributed by atoms with Crippen LogP contribution in [0.2, 0.25) is 0 Å². The number of esters is 1. The molecule has 1 aliphatic heterocycles. The van der Waals surface area contributed by atoms with Gasteiger partial charge < -0.3 is 14.2 Å². The molecule has 0 amide bonds. The van der Waals surface area contributed by atoms with E-state index < -0.39 is 0 Å². The molecule has 4 aliphatic carbocycles. The molecule has 0 N–H and O–H groups in total. The highest BCUT2D eigenvalue weighted by molar-refractivity contribution is 5.81. The third-order valence-electron chi connectivity index (χ3n) is 6.08. The first-order chi connectivity index (χ1) is 10.6. The van der Waals surface area contributed by atoms with Crippen molar-refractivity contribution in [3.63, 3.8) is 0 Å². The molecule has 4 heteroatoms. The Kier molecular flexibility index (Phi) is 3.57. The maximum atomic E-state index is 11.8. The van der Waals surface area contributed by atoms with Gasteiger partial charge in [0.1, 0.15) is 5.60 Å². The molecule has 0 aromatic heterocycles. The third kappa shape index (κ3) is 2.61. The van der Waals surface area contributed by atoms with Crippen molar-refractivity contribution in [2.45, 2.75) is 68.7 Å². The molecule has 3 unspecified atom stereocenters. The number of hydrogen-bond donors (Lipinski definition) is 0. The van der Waals surface area contributed by atoms with Crippen molar-refractivity contribution in [1.82, 2.24) is 0 Å². The molecule has 4 nitrogen and oxygen atoms in total. The highest BCUT2D eigenvalue weighted by Gasteiger charge is 2.60. The number of hydrogen-bond acceptors (Lipinski definition) is 4. The summed E-state index contributed by atoms with van der Waals surface area (Å²) in [5.74, 6) is 1.03. The van der Waals surface area contributed by atoms with Crippen LogP contribution in [0.4, 0.5) is 0 Å². The molecule has 1 heterocycles. The van der Waals surface area contributed by atoms with Crippen LogP contribution >= 0.6 is 0 Å². The van der Waals surface area contributed by atoms with Crippen LogP contribution in [0, 0.1) is 11.8 Å². The normalized spacial score (nSPS) is 45.4. The molecule has 0 aromatic rings. The first-order valence-electron chi connectivity index (χ1n) is 8.71. The molecule has 4 saturated carbocycles. The van der Waals surface area contributed by atoms with Crippen molar-refractivity contribution in [2.75, 3.05) is 13.2 Å². The minimum atomic E-state index is -0.289. The maximum Gasteiger partial charge on any atom is 0.330 e. The van der Waals surface area contributed by atoms with E-state index in [1.54, 1.807) is 0 Å². The van der Waals surface area contributed by atoms with E-state index >= 15 is 0 Å². The van der Waals surface area contributed by atoms with Crippen molar-refractivity contribution in [3.05, 3.63) is 12.7 Å². The largest absolute Gasteiger partial charge is 0.456 e. The molecule has 5 aliphatic rings. The Morgan fingerprint density at radius 1 is 1.23 bits per heavy atom. The Morgan fingerprint density at radius 2 is 1.91 bits per heavy atom. The first-order valence-corrected chi connectivity index (χ1v) is 8.71. The molecule has 22 heavy (non-hydrogen) atoms. The van der Waals surface area contributed by atoms with Gasteiger partial charge in [0.15, 0.2) is 0 Å². The Morgan fingerprint density at radius 3 is 2.50 bits per heavy atom. The van der Waals surface area contributed by atoms with Crippen molar-refractivity contribution < 1.29 is 19.0 Å². The summed E-state index contributed by atoms with van der Waals surface area (Å²) in [5, 5.41) is 0. The topological polar surface area (TPSA) is 44.8 Å². The average molecular weight is 306 g/mol. The van der Waals surface area contributed by atoms with Crippen molar-refractivity contribution in [3.8, 4) is 0 Å². The fourth-order valence-electron chi connectivity index (χ4n) is 5.56. The van der Waals surface area contributed by atoms with Crippen molar-refractivity contribution in [1.29, 1.82) is 0 Å². The predicted octanol–water partition coefficient (Wildman–Crippen LogP) is 3.00. The van der Waals surface area contributed by atoms with E-state index in [1.807, 2.05) is 0 Å². The second-order valence-electron chi connectivity index (χ2n) is 7.87. The fourth-order valence-corrected chi connectivity index (χ4v) is 5.56. The summed E-state index contributed by atoms with van der Waals surface area (Å²) in [6.07, 6.45) is 10.3. The van der Waals surface area contributed by atoms with Crippen LogP contribution < -0.4 is 0 Å². The lowest BCUT2D eigenvalue weighted by molar-refractivity contribution is -0.233. The van der Waals surface area contributed by atoms with E-state index in [0.717, 1.165) is 51.7 Å². The number of ether oxygens (including phenoxy) is 3. The Bertz CT molecular complexity index is 454. The Labute approximate surface area is 132 Å². The molecule has 0 radical (unpaired) electrons. The van der Waals surface area contributed by atoms with E-state index in [4.69, 9.17) is 14.2 Å². The van der Waals surface area contributed by atoms with Crippen LogP contribution in [-0.2, 0) is 19.0 Å². The molecule has 0 aromatic carbocycles. The van der Waals surface area contributed by atoms with Gasteiger partial charge in [-0.05, 0) is 56.8 Å².